The maximum Gasteiger partial charge on any atom is 0.0457 e. The summed E-state index contributed by atoms with van der Waals surface area (Å²) < 4.78 is 0. The van der Waals surface area contributed by atoms with Crippen molar-refractivity contribution in [3.05, 3.63) is 65.8 Å². The van der Waals surface area contributed by atoms with Crippen LogP contribution in [0.2, 0.25) is 0 Å². The second-order valence-electron chi connectivity index (χ2n) is 6.96. The Labute approximate surface area is 136 Å². The van der Waals surface area contributed by atoms with Crippen LogP contribution in [-0.4, -0.2) is 12.8 Å². The Morgan fingerprint density at radius 2 is 1.64 bits per heavy atom. The number of hydrogen-bond donors (Lipinski definition) is 0. The van der Waals surface area contributed by atoms with Crippen molar-refractivity contribution in [1.82, 2.24) is 0 Å². The van der Waals surface area contributed by atoms with Crippen molar-refractivity contribution in [2.24, 2.45) is 10.4 Å². The zero-order chi connectivity index (χ0) is 17.1. The van der Waals surface area contributed by atoms with Gasteiger partial charge in [-0.25, -0.2) is 0 Å². The van der Waals surface area contributed by atoms with Gasteiger partial charge in [0.2, 0.25) is 0 Å². The van der Waals surface area contributed by atoms with Crippen LogP contribution in [0, 0.1) is 19.3 Å². The number of aliphatic imine (C=N–C) groups is 1. The summed E-state index contributed by atoms with van der Waals surface area (Å²) in [7, 11) is 1.81. The molecule has 0 atom stereocenters. The minimum atomic E-state index is 0.0675. The number of rotatable bonds is 5. The van der Waals surface area contributed by atoms with E-state index in [1.807, 2.05) is 7.05 Å². The molecule has 0 aliphatic rings. The summed E-state index contributed by atoms with van der Waals surface area (Å²) in [5, 5.41) is 0. The summed E-state index contributed by atoms with van der Waals surface area (Å²) in [6, 6.07) is 6.39. The van der Waals surface area contributed by atoms with Crippen molar-refractivity contribution < 1.29 is 0 Å². The van der Waals surface area contributed by atoms with Gasteiger partial charge < -0.3 is 0 Å². The number of aryl methyl sites for hydroxylation is 2. The van der Waals surface area contributed by atoms with E-state index in [0.29, 0.717) is 0 Å². The standard InChI is InChI=1S/C21H29N/c1-14-10-11-19(12-15(14)2)17(4)18(5)20(22-9)13-16(3)21(6,7)8/h10-12H,3-5,13H2,1-2,6-9H3. The Morgan fingerprint density at radius 1 is 1.05 bits per heavy atom. The van der Waals surface area contributed by atoms with Crippen LogP contribution in [0.5, 0.6) is 0 Å². The van der Waals surface area contributed by atoms with Crippen molar-refractivity contribution in [3.8, 4) is 0 Å². The summed E-state index contributed by atoms with van der Waals surface area (Å²) in [4.78, 5) is 4.42. The normalized spacial score (nSPS) is 12.2. The molecule has 0 heterocycles. The van der Waals surface area contributed by atoms with Crippen molar-refractivity contribution in [3.63, 3.8) is 0 Å². The van der Waals surface area contributed by atoms with Crippen molar-refractivity contribution >= 4 is 11.3 Å². The molecule has 0 spiro atoms. The van der Waals surface area contributed by atoms with Crippen LogP contribution in [0.25, 0.3) is 5.57 Å². The third kappa shape index (κ3) is 4.30. The Bertz CT molecular complexity index is 636. The Balaban J connectivity index is 2.99. The average molecular weight is 295 g/mol. The SMILES string of the molecule is C=C(C(=C)c1ccc(C)c(C)c1)C(CC(=C)C(C)(C)C)=NC. The first-order valence-electron chi connectivity index (χ1n) is 7.68. The first-order chi connectivity index (χ1) is 10.1. The maximum absolute atomic E-state index is 4.42. The van der Waals surface area contributed by atoms with E-state index in [1.54, 1.807) is 0 Å². The summed E-state index contributed by atoms with van der Waals surface area (Å²) >= 11 is 0. The van der Waals surface area contributed by atoms with Crippen LogP contribution >= 0.6 is 0 Å². The summed E-state index contributed by atoms with van der Waals surface area (Å²) in [5.74, 6) is 0. The molecular formula is C21H29N. The first-order valence-corrected chi connectivity index (χ1v) is 7.68. The number of benzene rings is 1. The predicted octanol–water partition coefficient (Wildman–Crippen LogP) is 5.94. The molecule has 0 aliphatic heterocycles. The smallest absolute Gasteiger partial charge is 0.0457 e. The molecule has 0 unspecified atom stereocenters. The zero-order valence-corrected chi connectivity index (χ0v) is 15.0. The van der Waals surface area contributed by atoms with E-state index in [-0.39, 0.29) is 5.41 Å². The third-order valence-electron chi connectivity index (χ3n) is 4.28. The van der Waals surface area contributed by atoms with Crippen LogP contribution in [0.3, 0.4) is 0 Å². The first kappa shape index (κ1) is 18.2. The predicted molar refractivity (Wildman–Crippen MR) is 101 cm³/mol. The molecule has 1 heteroatoms. The molecule has 1 nitrogen and oxygen atoms in total. The Morgan fingerprint density at radius 3 is 2.09 bits per heavy atom. The summed E-state index contributed by atoms with van der Waals surface area (Å²) in [6.07, 6.45) is 0.739. The monoisotopic (exact) mass is 295 g/mol. The molecule has 1 aromatic carbocycles. The van der Waals surface area contributed by atoms with Crippen molar-refractivity contribution in [2.75, 3.05) is 7.05 Å². The lowest BCUT2D eigenvalue weighted by atomic mass is 9.82. The molecule has 0 fully saturated rings. The molecule has 0 N–H and O–H groups in total. The Kier molecular flexibility index (Phi) is 5.71. The lowest BCUT2D eigenvalue weighted by Crippen LogP contribution is -2.14. The molecule has 0 bridgehead atoms. The van der Waals surface area contributed by atoms with Gasteiger partial charge in [-0.1, -0.05) is 64.3 Å². The van der Waals surface area contributed by atoms with Gasteiger partial charge in [0, 0.05) is 19.2 Å². The van der Waals surface area contributed by atoms with Gasteiger partial charge in [-0.05, 0) is 47.1 Å². The highest BCUT2D eigenvalue weighted by atomic mass is 14.7. The lowest BCUT2D eigenvalue weighted by Gasteiger charge is -2.23. The van der Waals surface area contributed by atoms with Gasteiger partial charge >= 0.3 is 0 Å². The largest absolute Gasteiger partial charge is 0.292 e. The lowest BCUT2D eigenvalue weighted by molar-refractivity contribution is 0.499. The number of hydrogen-bond acceptors (Lipinski definition) is 1. The molecule has 1 aromatic rings. The zero-order valence-electron chi connectivity index (χ0n) is 15.0. The van der Waals surface area contributed by atoms with E-state index < -0.39 is 0 Å². The third-order valence-corrected chi connectivity index (χ3v) is 4.28. The fourth-order valence-electron chi connectivity index (χ4n) is 2.07. The fourth-order valence-corrected chi connectivity index (χ4v) is 2.07. The molecule has 1 rings (SSSR count). The molecule has 0 saturated carbocycles. The highest BCUT2D eigenvalue weighted by Crippen LogP contribution is 2.30. The molecule has 22 heavy (non-hydrogen) atoms. The number of allylic oxidation sites excluding steroid dienone is 3. The quantitative estimate of drug-likeness (QED) is 0.362. The van der Waals surface area contributed by atoms with E-state index in [2.05, 4.69) is 77.5 Å². The minimum absolute atomic E-state index is 0.0675. The van der Waals surface area contributed by atoms with Crippen LogP contribution in [-0.2, 0) is 0 Å². The fraction of sp³-hybridized carbons (Fsp3) is 0.381. The van der Waals surface area contributed by atoms with Gasteiger partial charge in [0.25, 0.3) is 0 Å². The van der Waals surface area contributed by atoms with E-state index in [4.69, 9.17) is 0 Å². The van der Waals surface area contributed by atoms with Crippen LogP contribution in [0.1, 0.15) is 43.9 Å². The maximum atomic E-state index is 4.42. The van der Waals surface area contributed by atoms with Gasteiger partial charge in [0.15, 0.2) is 0 Å². The summed E-state index contributed by atoms with van der Waals surface area (Å²) in [5.41, 5.74) is 7.67. The molecule has 0 saturated heterocycles. The van der Waals surface area contributed by atoms with Gasteiger partial charge in [-0.2, -0.15) is 0 Å². The molecule has 0 radical (unpaired) electrons. The molecule has 0 aromatic heterocycles. The number of nitrogens with zero attached hydrogens (tertiary/aromatic N) is 1. The molecule has 0 amide bonds. The molecule has 0 aliphatic carbocycles. The highest BCUT2D eigenvalue weighted by molar-refractivity contribution is 6.13. The van der Waals surface area contributed by atoms with Crippen LogP contribution in [0.4, 0.5) is 0 Å². The highest BCUT2D eigenvalue weighted by Gasteiger charge is 2.19. The van der Waals surface area contributed by atoms with Crippen LogP contribution in [0.15, 0.2) is 54.1 Å². The second-order valence-corrected chi connectivity index (χ2v) is 6.96. The summed E-state index contributed by atoms with van der Waals surface area (Å²) in [6.45, 7) is 23.4. The topological polar surface area (TPSA) is 12.4 Å². The van der Waals surface area contributed by atoms with Crippen LogP contribution < -0.4 is 0 Å². The van der Waals surface area contributed by atoms with Gasteiger partial charge in [0.05, 0.1) is 0 Å². The van der Waals surface area contributed by atoms with Gasteiger partial charge in [-0.15, -0.1) is 0 Å². The second kappa shape index (κ2) is 6.91. The van der Waals surface area contributed by atoms with Crippen molar-refractivity contribution in [2.45, 2.75) is 41.0 Å². The van der Waals surface area contributed by atoms with E-state index >= 15 is 0 Å². The average Bonchev–Trinajstić information content (AvgIpc) is 2.44. The van der Waals surface area contributed by atoms with Gasteiger partial charge in [-0.3, -0.25) is 4.99 Å². The van der Waals surface area contributed by atoms with E-state index in [1.165, 1.54) is 11.1 Å². The molecular weight excluding hydrogens is 266 g/mol. The Hall–Kier alpha value is -1.89. The van der Waals surface area contributed by atoms with Gasteiger partial charge in [0.1, 0.15) is 0 Å². The molecule has 118 valence electrons. The van der Waals surface area contributed by atoms with E-state index in [9.17, 15) is 0 Å². The minimum Gasteiger partial charge on any atom is -0.292 e. The van der Waals surface area contributed by atoms with Crippen molar-refractivity contribution in [1.29, 1.82) is 0 Å². The van der Waals surface area contributed by atoms with E-state index in [0.717, 1.165) is 34.4 Å².